The van der Waals surface area contributed by atoms with Gasteiger partial charge in [0.1, 0.15) is 0 Å². The van der Waals surface area contributed by atoms with E-state index in [1.807, 2.05) is 0 Å². The largest absolute Gasteiger partial charge is 0.392 e. The Kier molecular flexibility index (Phi) is 2.62. The molecule has 8 nitrogen and oxygen atoms in total. The number of aliphatic hydroxyl groups excluding tert-OH is 1. The molecule has 0 radical (unpaired) electrons. The number of aromatic amines is 2. The van der Waals surface area contributed by atoms with Crippen LogP contribution < -0.4 is 4.72 Å². The summed E-state index contributed by atoms with van der Waals surface area (Å²) in [5.41, 5.74) is 0.509. The first kappa shape index (κ1) is 10.6. The first-order valence-electron chi connectivity index (χ1n) is 4.28. The number of nitrogens with one attached hydrogen (secondary N) is 3. The minimum atomic E-state index is -3.77. The molecule has 0 aliphatic heterocycles. The Morgan fingerprint density at radius 1 is 1.38 bits per heavy atom. The molecule has 0 fully saturated rings. The maximum absolute atomic E-state index is 11.8. The fourth-order valence-corrected chi connectivity index (χ4v) is 2.32. The summed E-state index contributed by atoms with van der Waals surface area (Å²) in [4.78, 5) is 0. The summed E-state index contributed by atoms with van der Waals surface area (Å²) in [7, 11) is -3.77. The zero-order valence-electron chi connectivity index (χ0n) is 8.01. The molecule has 0 aromatic carbocycles. The average molecular weight is 243 g/mol. The summed E-state index contributed by atoms with van der Waals surface area (Å²) in [6.45, 7) is -0.405. The zero-order chi connectivity index (χ0) is 11.6. The maximum Gasteiger partial charge on any atom is 0.279 e. The molecule has 2 aromatic rings. The van der Waals surface area contributed by atoms with Crippen molar-refractivity contribution >= 4 is 15.7 Å². The highest BCUT2D eigenvalue weighted by Crippen LogP contribution is 2.15. The standard InChI is InChI=1S/C7H9N5O3S/c13-4-5-1-10-11-7(5)16(14,15)12-6-2-8-9-3-6/h1-3,12-13H,4H2,(H,8,9)(H,10,11). The van der Waals surface area contributed by atoms with Crippen molar-refractivity contribution in [3.63, 3.8) is 0 Å². The fraction of sp³-hybridized carbons (Fsp3) is 0.143. The third-order valence-corrected chi connectivity index (χ3v) is 3.26. The number of aliphatic hydroxyl groups is 1. The lowest BCUT2D eigenvalue weighted by Gasteiger charge is -2.04. The molecule has 0 bridgehead atoms. The quantitative estimate of drug-likeness (QED) is 0.572. The molecular formula is C7H9N5O3S. The normalized spacial score (nSPS) is 11.6. The van der Waals surface area contributed by atoms with Gasteiger partial charge in [0, 0.05) is 11.8 Å². The minimum Gasteiger partial charge on any atom is -0.392 e. The Labute approximate surface area is 90.8 Å². The second-order valence-electron chi connectivity index (χ2n) is 2.97. The van der Waals surface area contributed by atoms with Crippen LogP contribution in [0, 0.1) is 0 Å². The fourth-order valence-electron chi connectivity index (χ4n) is 1.16. The molecule has 9 heteroatoms. The van der Waals surface area contributed by atoms with E-state index in [1.165, 1.54) is 18.6 Å². The van der Waals surface area contributed by atoms with Crippen molar-refractivity contribution in [2.24, 2.45) is 0 Å². The number of hydrogen-bond acceptors (Lipinski definition) is 5. The van der Waals surface area contributed by atoms with Gasteiger partial charge in [-0.1, -0.05) is 0 Å². The molecule has 0 unspecified atom stereocenters. The summed E-state index contributed by atoms with van der Waals surface area (Å²) < 4.78 is 25.9. The number of anilines is 1. The van der Waals surface area contributed by atoms with Crippen molar-refractivity contribution in [1.82, 2.24) is 20.4 Å². The zero-order valence-corrected chi connectivity index (χ0v) is 8.82. The monoisotopic (exact) mass is 243 g/mol. The number of H-pyrrole nitrogens is 2. The van der Waals surface area contributed by atoms with Gasteiger partial charge in [0.25, 0.3) is 10.0 Å². The summed E-state index contributed by atoms with van der Waals surface area (Å²) in [5.74, 6) is 0. The molecular weight excluding hydrogens is 234 g/mol. The number of sulfonamides is 1. The van der Waals surface area contributed by atoms with E-state index in [4.69, 9.17) is 5.11 Å². The van der Waals surface area contributed by atoms with Crippen LogP contribution in [0.3, 0.4) is 0 Å². The first-order chi connectivity index (χ1) is 7.63. The van der Waals surface area contributed by atoms with E-state index in [1.54, 1.807) is 0 Å². The van der Waals surface area contributed by atoms with E-state index >= 15 is 0 Å². The van der Waals surface area contributed by atoms with Crippen molar-refractivity contribution in [2.45, 2.75) is 11.6 Å². The van der Waals surface area contributed by atoms with Gasteiger partial charge in [0.15, 0.2) is 5.03 Å². The summed E-state index contributed by atoms with van der Waals surface area (Å²) in [6.07, 6.45) is 3.98. The molecule has 4 N–H and O–H groups in total. The van der Waals surface area contributed by atoms with Gasteiger partial charge in [-0.05, 0) is 0 Å². The second kappa shape index (κ2) is 3.94. The molecule has 0 atom stereocenters. The van der Waals surface area contributed by atoms with E-state index in [9.17, 15) is 8.42 Å². The van der Waals surface area contributed by atoms with Crippen molar-refractivity contribution < 1.29 is 13.5 Å². The first-order valence-corrected chi connectivity index (χ1v) is 5.76. The van der Waals surface area contributed by atoms with Crippen LogP contribution in [0.25, 0.3) is 0 Å². The number of nitrogens with zero attached hydrogens (tertiary/aromatic N) is 2. The Hall–Kier alpha value is -1.87. The molecule has 2 rings (SSSR count). The Morgan fingerprint density at radius 2 is 2.19 bits per heavy atom. The highest BCUT2D eigenvalue weighted by atomic mass is 32.2. The lowest BCUT2D eigenvalue weighted by Crippen LogP contribution is -2.14. The SMILES string of the molecule is O=S(=O)(Nc1cn[nH]c1)c1[nH]ncc1CO. The van der Waals surface area contributed by atoms with Crippen LogP contribution in [0.2, 0.25) is 0 Å². The second-order valence-corrected chi connectivity index (χ2v) is 4.59. The smallest absolute Gasteiger partial charge is 0.279 e. The van der Waals surface area contributed by atoms with E-state index in [0.717, 1.165) is 0 Å². The summed E-state index contributed by atoms with van der Waals surface area (Å²) in [5, 5.41) is 20.7. The number of hydrogen-bond donors (Lipinski definition) is 4. The third-order valence-electron chi connectivity index (χ3n) is 1.87. The van der Waals surface area contributed by atoms with Crippen LogP contribution >= 0.6 is 0 Å². The van der Waals surface area contributed by atoms with E-state index in [0.29, 0.717) is 5.69 Å². The lowest BCUT2D eigenvalue weighted by molar-refractivity contribution is 0.278. The summed E-state index contributed by atoms with van der Waals surface area (Å²) in [6, 6.07) is 0. The van der Waals surface area contributed by atoms with Gasteiger partial charge < -0.3 is 5.11 Å². The van der Waals surface area contributed by atoms with Crippen LogP contribution in [0.5, 0.6) is 0 Å². The Balaban J connectivity index is 2.33. The minimum absolute atomic E-state index is 0.156. The van der Waals surface area contributed by atoms with Gasteiger partial charge in [-0.3, -0.25) is 14.9 Å². The van der Waals surface area contributed by atoms with Gasteiger partial charge >= 0.3 is 0 Å². The number of rotatable bonds is 4. The van der Waals surface area contributed by atoms with Crippen molar-refractivity contribution in [1.29, 1.82) is 0 Å². The van der Waals surface area contributed by atoms with Crippen molar-refractivity contribution in [3.8, 4) is 0 Å². The molecule has 0 spiro atoms. The lowest BCUT2D eigenvalue weighted by atomic mass is 10.4. The molecule has 2 aromatic heterocycles. The van der Waals surface area contributed by atoms with Crippen LogP contribution in [-0.2, 0) is 16.6 Å². The van der Waals surface area contributed by atoms with Gasteiger partial charge in [-0.15, -0.1) is 0 Å². The predicted octanol–water partition coefficient (Wildman–Crippen LogP) is -0.574. The van der Waals surface area contributed by atoms with E-state index < -0.39 is 16.6 Å². The predicted molar refractivity (Wildman–Crippen MR) is 53.9 cm³/mol. The Morgan fingerprint density at radius 3 is 2.81 bits per heavy atom. The molecule has 0 saturated carbocycles. The maximum atomic E-state index is 11.8. The molecule has 0 aliphatic carbocycles. The van der Waals surface area contributed by atoms with Crippen molar-refractivity contribution in [3.05, 3.63) is 24.2 Å². The molecule has 0 saturated heterocycles. The highest BCUT2D eigenvalue weighted by molar-refractivity contribution is 7.92. The van der Waals surface area contributed by atoms with Gasteiger partial charge in [-0.2, -0.15) is 18.6 Å². The number of aromatic nitrogens is 4. The van der Waals surface area contributed by atoms with Gasteiger partial charge in [0.05, 0.1) is 24.7 Å². The van der Waals surface area contributed by atoms with Crippen LogP contribution in [0.15, 0.2) is 23.6 Å². The van der Waals surface area contributed by atoms with E-state index in [2.05, 4.69) is 25.1 Å². The van der Waals surface area contributed by atoms with Crippen LogP contribution in [0.1, 0.15) is 5.56 Å². The molecule has 0 aliphatic rings. The molecule has 16 heavy (non-hydrogen) atoms. The van der Waals surface area contributed by atoms with Gasteiger partial charge in [0.2, 0.25) is 0 Å². The summed E-state index contributed by atoms with van der Waals surface area (Å²) >= 11 is 0. The van der Waals surface area contributed by atoms with Gasteiger partial charge in [-0.25, -0.2) is 0 Å². The topological polar surface area (TPSA) is 124 Å². The molecule has 86 valence electrons. The third kappa shape index (κ3) is 1.90. The Bertz CT molecular complexity index is 559. The molecule has 0 amide bonds. The van der Waals surface area contributed by atoms with Crippen molar-refractivity contribution in [2.75, 3.05) is 4.72 Å². The van der Waals surface area contributed by atoms with E-state index in [-0.39, 0.29) is 10.6 Å². The van der Waals surface area contributed by atoms with Crippen LogP contribution in [0.4, 0.5) is 5.69 Å². The average Bonchev–Trinajstić information content (AvgIpc) is 2.85. The molecule has 2 heterocycles. The highest BCUT2D eigenvalue weighted by Gasteiger charge is 2.20. The van der Waals surface area contributed by atoms with Crippen LogP contribution in [-0.4, -0.2) is 33.9 Å².